The van der Waals surface area contributed by atoms with E-state index >= 15 is 0 Å². The number of nitro groups is 1. The first-order valence-corrected chi connectivity index (χ1v) is 9.35. The first-order chi connectivity index (χ1) is 14.4. The fourth-order valence-corrected chi connectivity index (χ4v) is 2.75. The first kappa shape index (κ1) is 20.8. The number of nitro benzene ring substituents is 1. The van der Waals surface area contributed by atoms with Crippen molar-refractivity contribution >= 4 is 17.3 Å². The molecule has 2 N–H and O–H groups in total. The number of non-ortho nitro benzene ring substituents is 1. The summed E-state index contributed by atoms with van der Waals surface area (Å²) in [6.45, 7) is 4.94. The molecule has 0 saturated heterocycles. The molecular weight excluding hydrogens is 388 g/mol. The molecule has 9 heteroatoms. The SMILES string of the molecule is Cc1noc(C)c1COc1ccc(C(=O)NCCNc2ccc([N+](=O)[O-])cc2)cc1. The molecule has 0 saturated carbocycles. The van der Waals surface area contributed by atoms with Crippen LogP contribution in [0.1, 0.15) is 27.4 Å². The molecule has 2 aromatic carbocycles. The predicted octanol–water partition coefficient (Wildman–Crippen LogP) is 3.62. The third-order valence-electron chi connectivity index (χ3n) is 4.50. The Balaban J connectivity index is 1.42. The maximum absolute atomic E-state index is 12.2. The van der Waals surface area contributed by atoms with Crippen LogP contribution in [0.15, 0.2) is 53.1 Å². The summed E-state index contributed by atoms with van der Waals surface area (Å²) in [4.78, 5) is 22.4. The summed E-state index contributed by atoms with van der Waals surface area (Å²) in [5, 5.41) is 20.4. The largest absolute Gasteiger partial charge is 0.489 e. The Morgan fingerprint density at radius 2 is 1.80 bits per heavy atom. The Hall–Kier alpha value is -3.88. The Labute approximate surface area is 173 Å². The molecule has 0 aliphatic rings. The minimum atomic E-state index is -0.447. The van der Waals surface area contributed by atoms with Gasteiger partial charge in [0.2, 0.25) is 0 Å². The Morgan fingerprint density at radius 3 is 2.40 bits per heavy atom. The summed E-state index contributed by atoms with van der Waals surface area (Å²) in [7, 11) is 0. The summed E-state index contributed by atoms with van der Waals surface area (Å²) >= 11 is 0. The summed E-state index contributed by atoms with van der Waals surface area (Å²) < 4.78 is 10.8. The van der Waals surface area contributed by atoms with Crippen molar-refractivity contribution in [2.24, 2.45) is 0 Å². The van der Waals surface area contributed by atoms with E-state index in [9.17, 15) is 14.9 Å². The fourth-order valence-electron chi connectivity index (χ4n) is 2.75. The van der Waals surface area contributed by atoms with Gasteiger partial charge < -0.3 is 19.9 Å². The molecule has 3 rings (SSSR count). The van der Waals surface area contributed by atoms with Crippen LogP contribution in [-0.2, 0) is 6.61 Å². The fraction of sp³-hybridized carbons (Fsp3) is 0.238. The molecule has 0 aliphatic carbocycles. The van der Waals surface area contributed by atoms with Crippen molar-refractivity contribution in [2.45, 2.75) is 20.5 Å². The standard InChI is InChI=1S/C21H22N4O5/c1-14-20(15(2)30-24-14)13-29-19-9-3-16(4-10-19)21(26)23-12-11-22-17-5-7-18(8-6-17)25(27)28/h3-10,22H,11-13H2,1-2H3,(H,23,26). The van der Waals surface area contributed by atoms with Crippen LogP contribution in [0.5, 0.6) is 5.75 Å². The maximum Gasteiger partial charge on any atom is 0.269 e. The number of aromatic nitrogens is 1. The molecule has 0 bridgehead atoms. The number of nitrogens with zero attached hydrogens (tertiary/aromatic N) is 2. The van der Waals surface area contributed by atoms with Gasteiger partial charge in [0.05, 0.1) is 16.2 Å². The number of anilines is 1. The van der Waals surface area contributed by atoms with Crippen molar-refractivity contribution in [3.63, 3.8) is 0 Å². The van der Waals surface area contributed by atoms with Gasteiger partial charge in [-0.2, -0.15) is 0 Å². The van der Waals surface area contributed by atoms with Crippen LogP contribution in [-0.4, -0.2) is 29.1 Å². The summed E-state index contributed by atoms with van der Waals surface area (Å²) in [6.07, 6.45) is 0. The van der Waals surface area contributed by atoms with E-state index in [1.54, 1.807) is 36.4 Å². The molecule has 0 aliphatic heterocycles. The molecular formula is C21H22N4O5. The van der Waals surface area contributed by atoms with Crippen molar-refractivity contribution in [3.8, 4) is 5.75 Å². The van der Waals surface area contributed by atoms with E-state index in [1.165, 1.54) is 12.1 Å². The number of carbonyl (C=O) groups is 1. The Morgan fingerprint density at radius 1 is 1.10 bits per heavy atom. The van der Waals surface area contributed by atoms with Gasteiger partial charge in [0.25, 0.3) is 11.6 Å². The highest BCUT2D eigenvalue weighted by atomic mass is 16.6. The molecule has 1 amide bonds. The quantitative estimate of drug-likeness (QED) is 0.314. The lowest BCUT2D eigenvalue weighted by atomic mass is 10.2. The van der Waals surface area contributed by atoms with E-state index in [0.29, 0.717) is 31.0 Å². The minimum absolute atomic E-state index is 0.0352. The van der Waals surface area contributed by atoms with Gasteiger partial charge in [0, 0.05) is 36.5 Å². The van der Waals surface area contributed by atoms with E-state index in [1.807, 2.05) is 13.8 Å². The molecule has 1 aromatic heterocycles. The maximum atomic E-state index is 12.2. The average molecular weight is 410 g/mol. The van der Waals surface area contributed by atoms with Crippen LogP contribution in [0.2, 0.25) is 0 Å². The van der Waals surface area contributed by atoms with Gasteiger partial charge >= 0.3 is 0 Å². The molecule has 156 valence electrons. The topological polar surface area (TPSA) is 120 Å². The highest BCUT2D eigenvalue weighted by Crippen LogP contribution is 2.18. The van der Waals surface area contributed by atoms with Gasteiger partial charge in [0.1, 0.15) is 18.1 Å². The molecule has 9 nitrogen and oxygen atoms in total. The summed E-state index contributed by atoms with van der Waals surface area (Å²) in [5.41, 5.74) is 3.01. The lowest BCUT2D eigenvalue weighted by Gasteiger charge is -2.09. The second-order valence-electron chi connectivity index (χ2n) is 6.60. The molecule has 0 atom stereocenters. The number of carbonyl (C=O) groups excluding carboxylic acids is 1. The molecule has 30 heavy (non-hydrogen) atoms. The lowest BCUT2D eigenvalue weighted by Crippen LogP contribution is -2.28. The van der Waals surface area contributed by atoms with E-state index < -0.39 is 4.92 Å². The van der Waals surface area contributed by atoms with Crippen LogP contribution in [0.4, 0.5) is 11.4 Å². The molecule has 0 unspecified atom stereocenters. The number of ether oxygens (including phenoxy) is 1. The van der Waals surface area contributed by atoms with E-state index in [2.05, 4.69) is 15.8 Å². The number of benzene rings is 2. The monoisotopic (exact) mass is 410 g/mol. The molecule has 3 aromatic rings. The average Bonchev–Trinajstić information content (AvgIpc) is 3.07. The van der Waals surface area contributed by atoms with E-state index in [0.717, 1.165) is 22.7 Å². The number of rotatable bonds is 9. The van der Waals surface area contributed by atoms with Crippen molar-refractivity contribution < 1.29 is 19.0 Å². The second-order valence-corrected chi connectivity index (χ2v) is 6.60. The normalized spacial score (nSPS) is 10.5. The zero-order valence-electron chi connectivity index (χ0n) is 16.7. The number of aryl methyl sites for hydroxylation is 2. The minimum Gasteiger partial charge on any atom is -0.489 e. The van der Waals surface area contributed by atoms with Gasteiger partial charge in [-0.05, 0) is 50.2 Å². The second kappa shape index (κ2) is 9.55. The van der Waals surface area contributed by atoms with Gasteiger partial charge in [-0.25, -0.2) is 0 Å². The zero-order valence-corrected chi connectivity index (χ0v) is 16.7. The summed E-state index contributed by atoms with van der Waals surface area (Å²) in [5.74, 6) is 1.18. The van der Waals surface area contributed by atoms with E-state index in [-0.39, 0.29) is 11.6 Å². The molecule has 1 heterocycles. The van der Waals surface area contributed by atoms with Crippen molar-refractivity contribution in [2.75, 3.05) is 18.4 Å². The van der Waals surface area contributed by atoms with Crippen molar-refractivity contribution in [3.05, 3.63) is 81.2 Å². The number of hydrogen-bond donors (Lipinski definition) is 2. The Bertz CT molecular complexity index is 993. The van der Waals surface area contributed by atoms with E-state index in [4.69, 9.17) is 9.26 Å². The molecule has 0 spiro atoms. The summed E-state index contributed by atoms with van der Waals surface area (Å²) in [6, 6.07) is 13.0. The van der Waals surface area contributed by atoms with Gasteiger partial charge in [0.15, 0.2) is 0 Å². The van der Waals surface area contributed by atoms with Crippen LogP contribution in [0.25, 0.3) is 0 Å². The smallest absolute Gasteiger partial charge is 0.269 e. The lowest BCUT2D eigenvalue weighted by molar-refractivity contribution is -0.384. The molecule has 0 radical (unpaired) electrons. The van der Waals surface area contributed by atoms with Crippen LogP contribution in [0, 0.1) is 24.0 Å². The Kier molecular flexibility index (Phi) is 6.63. The number of nitrogens with one attached hydrogen (secondary N) is 2. The number of hydrogen-bond acceptors (Lipinski definition) is 7. The highest BCUT2D eigenvalue weighted by Gasteiger charge is 2.10. The first-order valence-electron chi connectivity index (χ1n) is 9.35. The van der Waals surface area contributed by atoms with Crippen LogP contribution < -0.4 is 15.4 Å². The number of amides is 1. The van der Waals surface area contributed by atoms with Gasteiger partial charge in [-0.15, -0.1) is 0 Å². The van der Waals surface area contributed by atoms with Crippen LogP contribution in [0.3, 0.4) is 0 Å². The van der Waals surface area contributed by atoms with Crippen molar-refractivity contribution in [1.82, 2.24) is 10.5 Å². The third kappa shape index (κ3) is 5.34. The zero-order chi connectivity index (χ0) is 21.5. The highest BCUT2D eigenvalue weighted by molar-refractivity contribution is 5.94. The predicted molar refractivity (Wildman–Crippen MR) is 111 cm³/mol. The van der Waals surface area contributed by atoms with Gasteiger partial charge in [-0.3, -0.25) is 14.9 Å². The van der Waals surface area contributed by atoms with Crippen molar-refractivity contribution in [1.29, 1.82) is 0 Å². The third-order valence-corrected chi connectivity index (χ3v) is 4.50. The van der Waals surface area contributed by atoms with Gasteiger partial charge in [-0.1, -0.05) is 5.16 Å². The molecule has 0 fully saturated rings. The van der Waals surface area contributed by atoms with Crippen LogP contribution >= 0.6 is 0 Å².